The van der Waals surface area contributed by atoms with E-state index >= 15 is 0 Å². The fourth-order valence-electron chi connectivity index (χ4n) is 3.05. The molecule has 1 amide bonds. The SMILES string of the molecule is CC1Oc2ccccc2OC1C(=O)NC(C(=O)O)C1CCCOC1. The van der Waals surface area contributed by atoms with Crippen LogP contribution in [-0.4, -0.2) is 48.4 Å². The molecule has 0 aromatic heterocycles. The summed E-state index contributed by atoms with van der Waals surface area (Å²) in [6, 6.07) is 6.08. The zero-order valence-corrected chi connectivity index (χ0v) is 13.4. The van der Waals surface area contributed by atoms with Gasteiger partial charge in [-0.3, -0.25) is 4.79 Å². The summed E-state index contributed by atoms with van der Waals surface area (Å²) >= 11 is 0. The Morgan fingerprint density at radius 3 is 2.58 bits per heavy atom. The van der Waals surface area contributed by atoms with Gasteiger partial charge in [-0.05, 0) is 31.9 Å². The van der Waals surface area contributed by atoms with Crippen molar-refractivity contribution in [3.8, 4) is 11.5 Å². The number of hydrogen-bond donors (Lipinski definition) is 2. The Labute approximate surface area is 139 Å². The summed E-state index contributed by atoms with van der Waals surface area (Å²) in [5.74, 6) is -0.751. The summed E-state index contributed by atoms with van der Waals surface area (Å²) in [5.41, 5.74) is 0. The van der Waals surface area contributed by atoms with Crippen molar-refractivity contribution in [2.75, 3.05) is 13.2 Å². The molecule has 1 fully saturated rings. The van der Waals surface area contributed by atoms with Crippen LogP contribution in [0.4, 0.5) is 0 Å². The van der Waals surface area contributed by atoms with Gasteiger partial charge in [0.15, 0.2) is 11.5 Å². The van der Waals surface area contributed by atoms with Gasteiger partial charge < -0.3 is 24.6 Å². The maximum absolute atomic E-state index is 12.6. The number of amides is 1. The Morgan fingerprint density at radius 2 is 1.96 bits per heavy atom. The predicted octanol–water partition coefficient (Wildman–Crippen LogP) is 1.21. The maximum atomic E-state index is 12.6. The van der Waals surface area contributed by atoms with E-state index in [0.717, 1.165) is 6.42 Å². The number of aliphatic carboxylic acids is 1. The molecule has 0 spiro atoms. The summed E-state index contributed by atoms with van der Waals surface area (Å²) in [7, 11) is 0. The normalized spacial score (nSPS) is 27.1. The number of carbonyl (C=O) groups is 2. The molecule has 3 rings (SSSR count). The minimum atomic E-state index is -1.07. The standard InChI is InChI=1S/C17H21NO6/c1-10-15(24-13-7-3-2-6-12(13)23-10)16(19)18-14(17(20)21)11-5-4-8-22-9-11/h2-3,6-7,10-11,14-15H,4-5,8-9H2,1H3,(H,18,19)(H,20,21). The van der Waals surface area contributed by atoms with Gasteiger partial charge in [0, 0.05) is 12.5 Å². The minimum absolute atomic E-state index is 0.243. The van der Waals surface area contributed by atoms with Crippen molar-refractivity contribution in [3.05, 3.63) is 24.3 Å². The molecular weight excluding hydrogens is 314 g/mol. The number of ether oxygens (including phenoxy) is 3. The number of para-hydroxylation sites is 2. The van der Waals surface area contributed by atoms with Crippen LogP contribution < -0.4 is 14.8 Å². The van der Waals surface area contributed by atoms with Crippen LogP contribution in [0.15, 0.2) is 24.3 Å². The summed E-state index contributed by atoms with van der Waals surface area (Å²) in [4.78, 5) is 24.1. The molecule has 24 heavy (non-hydrogen) atoms. The number of carboxylic acid groups (broad SMARTS) is 1. The zero-order chi connectivity index (χ0) is 17.1. The second kappa shape index (κ2) is 7.09. The summed E-state index contributed by atoms with van der Waals surface area (Å²) < 4.78 is 16.7. The fraction of sp³-hybridized carbons (Fsp3) is 0.529. The Balaban J connectivity index is 1.70. The van der Waals surface area contributed by atoms with Crippen molar-refractivity contribution in [2.45, 2.75) is 38.0 Å². The van der Waals surface area contributed by atoms with E-state index in [4.69, 9.17) is 14.2 Å². The van der Waals surface area contributed by atoms with E-state index in [1.54, 1.807) is 25.1 Å². The molecule has 1 aromatic carbocycles. The van der Waals surface area contributed by atoms with Gasteiger partial charge in [0.25, 0.3) is 5.91 Å². The molecule has 2 N–H and O–H groups in total. The van der Waals surface area contributed by atoms with Crippen molar-refractivity contribution in [1.29, 1.82) is 0 Å². The molecule has 2 heterocycles. The molecule has 0 bridgehead atoms. The summed E-state index contributed by atoms with van der Waals surface area (Å²) in [5, 5.41) is 12.0. The number of fused-ring (bicyclic) bond motifs is 1. The number of carbonyl (C=O) groups excluding carboxylic acids is 1. The monoisotopic (exact) mass is 335 g/mol. The molecule has 1 saturated heterocycles. The smallest absolute Gasteiger partial charge is 0.326 e. The van der Waals surface area contributed by atoms with Crippen molar-refractivity contribution >= 4 is 11.9 Å². The Hall–Kier alpha value is -2.28. The molecule has 0 radical (unpaired) electrons. The highest BCUT2D eigenvalue weighted by molar-refractivity contribution is 5.87. The van der Waals surface area contributed by atoms with Gasteiger partial charge in [-0.1, -0.05) is 12.1 Å². The van der Waals surface area contributed by atoms with Crippen LogP contribution in [0.1, 0.15) is 19.8 Å². The molecule has 2 aliphatic heterocycles. The highest BCUT2D eigenvalue weighted by atomic mass is 16.6. The number of hydrogen-bond acceptors (Lipinski definition) is 5. The van der Waals surface area contributed by atoms with E-state index in [0.29, 0.717) is 31.1 Å². The quantitative estimate of drug-likeness (QED) is 0.859. The first-order chi connectivity index (χ1) is 11.6. The Bertz CT molecular complexity index is 613. The van der Waals surface area contributed by atoms with Crippen LogP contribution in [0.5, 0.6) is 11.5 Å². The minimum Gasteiger partial charge on any atom is -0.482 e. The molecule has 130 valence electrons. The van der Waals surface area contributed by atoms with Gasteiger partial charge in [-0.2, -0.15) is 0 Å². The van der Waals surface area contributed by atoms with Crippen LogP contribution in [0.25, 0.3) is 0 Å². The molecule has 4 unspecified atom stereocenters. The van der Waals surface area contributed by atoms with Gasteiger partial charge >= 0.3 is 5.97 Å². The molecule has 7 heteroatoms. The lowest BCUT2D eigenvalue weighted by Crippen LogP contribution is -2.56. The zero-order valence-electron chi connectivity index (χ0n) is 13.4. The predicted molar refractivity (Wildman–Crippen MR) is 84.1 cm³/mol. The van der Waals surface area contributed by atoms with Crippen LogP contribution >= 0.6 is 0 Å². The molecule has 2 aliphatic rings. The van der Waals surface area contributed by atoms with Gasteiger partial charge in [-0.25, -0.2) is 4.79 Å². The number of nitrogens with one attached hydrogen (secondary N) is 1. The first-order valence-electron chi connectivity index (χ1n) is 8.09. The molecule has 0 saturated carbocycles. The van der Waals surface area contributed by atoms with E-state index in [2.05, 4.69) is 5.32 Å². The van der Waals surface area contributed by atoms with Crippen LogP contribution in [-0.2, 0) is 14.3 Å². The van der Waals surface area contributed by atoms with E-state index < -0.39 is 30.1 Å². The number of carboxylic acids is 1. The highest BCUT2D eigenvalue weighted by Gasteiger charge is 2.38. The summed E-state index contributed by atoms with van der Waals surface area (Å²) in [6.07, 6.45) is 0.0811. The average Bonchev–Trinajstić information content (AvgIpc) is 2.59. The first-order valence-corrected chi connectivity index (χ1v) is 8.09. The highest BCUT2D eigenvalue weighted by Crippen LogP contribution is 2.33. The molecular formula is C17H21NO6. The van der Waals surface area contributed by atoms with Crippen LogP contribution in [0, 0.1) is 5.92 Å². The number of benzene rings is 1. The third-order valence-corrected chi connectivity index (χ3v) is 4.33. The van der Waals surface area contributed by atoms with E-state index in [9.17, 15) is 14.7 Å². The van der Waals surface area contributed by atoms with E-state index in [-0.39, 0.29) is 5.92 Å². The van der Waals surface area contributed by atoms with Gasteiger partial charge in [0.05, 0.1) is 6.61 Å². The maximum Gasteiger partial charge on any atom is 0.326 e. The van der Waals surface area contributed by atoms with Crippen molar-refractivity contribution in [3.63, 3.8) is 0 Å². The number of rotatable bonds is 4. The average molecular weight is 335 g/mol. The lowest BCUT2D eigenvalue weighted by atomic mass is 9.93. The second-order valence-corrected chi connectivity index (χ2v) is 6.11. The Morgan fingerprint density at radius 1 is 1.25 bits per heavy atom. The Kier molecular flexibility index (Phi) is 4.89. The first kappa shape index (κ1) is 16.6. The van der Waals surface area contributed by atoms with Crippen molar-refractivity contribution in [1.82, 2.24) is 5.32 Å². The van der Waals surface area contributed by atoms with Gasteiger partial charge in [-0.15, -0.1) is 0 Å². The van der Waals surface area contributed by atoms with Crippen LogP contribution in [0.2, 0.25) is 0 Å². The molecule has 0 aliphatic carbocycles. The van der Waals surface area contributed by atoms with Gasteiger partial charge in [0.2, 0.25) is 6.10 Å². The third-order valence-electron chi connectivity index (χ3n) is 4.33. The van der Waals surface area contributed by atoms with E-state index in [1.807, 2.05) is 6.07 Å². The van der Waals surface area contributed by atoms with Crippen molar-refractivity contribution < 1.29 is 28.9 Å². The lowest BCUT2D eigenvalue weighted by Gasteiger charge is -2.33. The second-order valence-electron chi connectivity index (χ2n) is 6.11. The third kappa shape index (κ3) is 3.46. The molecule has 1 aromatic rings. The van der Waals surface area contributed by atoms with Crippen molar-refractivity contribution in [2.24, 2.45) is 5.92 Å². The fourth-order valence-corrected chi connectivity index (χ4v) is 3.05. The van der Waals surface area contributed by atoms with E-state index in [1.165, 1.54) is 0 Å². The molecule has 4 atom stereocenters. The van der Waals surface area contributed by atoms with Crippen LogP contribution in [0.3, 0.4) is 0 Å². The largest absolute Gasteiger partial charge is 0.482 e. The molecule has 7 nitrogen and oxygen atoms in total. The summed E-state index contributed by atoms with van der Waals surface area (Å²) in [6.45, 7) is 2.68. The van der Waals surface area contributed by atoms with Gasteiger partial charge in [0.1, 0.15) is 12.1 Å². The lowest BCUT2D eigenvalue weighted by molar-refractivity contribution is -0.147. The topological polar surface area (TPSA) is 94.1 Å².